The van der Waals surface area contributed by atoms with Gasteiger partial charge in [0.2, 0.25) is 0 Å². The molecule has 3 rings (SSSR count). The maximum atomic E-state index is 12.7. The lowest BCUT2D eigenvalue weighted by Crippen LogP contribution is -2.58. The number of nitrogens with zero attached hydrogens (tertiary/aromatic N) is 4. The van der Waals surface area contributed by atoms with Crippen molar-refractivity contribution >= 4 is 6.09 Å². The zero-order chi connectivity index (χ0) is 22.1. The highest BCUT2D eigenvalue weighted by Crippen LogP contribution is 2.29. The Balaban J connectivity index is 1.59. The van der Waals surface area contributed by atoms with E-state index in [0.29, 0.717) is 12.4 Å². The van der Waals surface area contributed by atoms with Gasteiger partial charge in [-0.3, -0.25) is 4.90 Å². The van der Waals surface area contributed by atoms with Crippen LogP contribution >= 0.6 is 0 Å². The van der Waals surface area contributed by atoms with E-state index in [4.69, 9.17) is 0 Å². The average Bonchev–Trinajstić information content (AvgIpc) is 3.10. The highest BCUT2D eigenvalue weighted by Gasteiger charge is 2.32. The Kier molecular flexibility index (Phi) is 6.12. The van der Waals surface area contributed by atoms with Gasteiger partial charge in [-0.15, -0.1) is 0 Å². The number of piperidine rings is 1. The van der Waals surface area contributed by atoms with Gasteiger partial charge < -0.3 is 19.4 Å². The molecule has 164 valence electrons. The molecule has 3 heterocycles. The number of carbonyl (C=O) groups is 1. The van der Waals surface area contributed by atoms with E-state index < -0.39 is 23.4 Å². The minimum absolute atomic E-state index is 0.0628. The Morgan fingerprint density at radius 3 is 2.37 bits per heavy atom. The van der Waals surface area contributed by atoms with Crippen molar-refractivity contribution in [1.29, 1.82) is 0 Å². The first-order valence-corrected chi connectivity index (χ1v) is 9.88. The second-order valence-corrected chi connectivity index (χ2v) is 8.64. The minimum Gasteiger partial charge on any atom is -0.530 e. The van der Waals surface area contributed by atoms with Gasteiger partial charge >= 0.3 is 6.18 Å². The first-order valence-electron chi connectivity index (χ1n) is 9.88. The van der Waals surface area contributed by atoms with Crippen molar-refractivity contribution in [3.63, 3.8) is 0 Å². The summed E-state index contributed by atoms with van der Waals surface area (Å²) in [6, 6.07) is 4.21. The molecule has 1 fully saturated rings. The van der Waals surface area contributed by atoms with Crippen molar-refractivity contribution in [2.24, 2.45) is 0 Å². The predicted molar refractivity (Wildman–Crippen MR) is 104 cm³/mol. The van der Waals surface area contributed by atoms with E-state index in [1.807, 2.05) is 33.0 Å². The van der Waals surface area contributed by atoms with Gasteiger partial charge in [-0.25, -0.2) is 4.98 Å². The van der Waals surface area contributed by atoms with E-state index in [1.165, 1.54) is 11.0 Å². The molecular formula is C21H26F3N4O2-. The lowest BCUT2D eigenvalue weighted by atomic mass is 9.97. The van der Waals surface area contributed by atoms with Crippen LogP contribution in [-0.4, -0.2) is 50.1 Å². The molecule has 0 bridgehead atoms. The number of pyridine rings is 1. The van der Waals surface area contributed by atoms with Crippen LogP contribution in [0.25, 0.3) is 5.82 Å². The molecule has 0 unspecified atom stereocenters. The van der Waals surface area contributed by atoms with Crippen LogP contribution in [0.4, 0.5) is 18.0 Å². The molecule has 9 heteroatoms. The van der Waals surface area contributed by atoms with Gasteiger partial charge in [0, 0.05) is 49.8 Å². The van der Waals surface area contributed by atoms with Gasteiger partial charge in [0.15, 0.2) is 0 Å². The Morgan fingerprint density at radius 2 is 1.87 bits per heavy atom. The molecule has 6 nitrogen and oxygen atoms in total. The van der Waals surface area contributed by atoms with Crippen molar-refractivity contribution < 1.29 is 23.1 Å². The van der Waals surface area contributed by atoms with Gasteiger partial charge in [0.05, 0.1) is 5.56 Å². The van der Waals surface area contributed by atoms with E-state index in [1.54, 1.807) is 10.8 Å². The summed E-state index contributed by atoms with van der Waals surface area (Å²) in [4.78, 5) is 19.2. The fraction of sp³-hybridized carbons (Fsp3) is 0.524. The maximum Gasteiger partial charge on any atom is 0.417 e. The summed E-state index contributed by atoms with van der Waals surface area (Å²) in [7, 11) is 0. The number of carbonyl (C=O) groups excluding carboxylic acids is 1. The molecule has 0 aliphatic carbocycles. The van der Waals surface area contributed by atoms with Gasteiger partial charge in [0.1, 0.15) is 11.9 Å². The van der Waals surface area contributed by atoms with Crippen LogP contribution in [0.15, 0.2) is 36.8 Å². The van der Waals surface area contributed by atoms with Crippen LogP contribution in [0.2, 0.25) is 0 Å². The summed E-state index contributed by atoms with van der Waals surface area (Å²) < 4.78 is 39.7. The highest BCUT2D eigenvalue weighted by atomic mass is 19.4. The van der Waals surface area contributed by atoms with Crippen molar-refractivity contribution in [1.82, 2.24) is 19.4 Å². The average molecular weight is 423 g/mol. The second kappa shape index (κ2) is 8.29. The zero-order valence-corrected chi connectivity index (χ0v) is 17.3. The largest absolute Gasteiger partial charge is 0.530 e. The molecule has 1 saturated heterocycles. The molecule has 0 atom stereocenters. The topological polar surface area (TPSA) is 64.4 Å². The number of carboxylic acid groups (broad SMARTS) is 1. The lowest BCUT2D eigenvalue weighted by molar-refractivity contribution is -0.274. The summed E-state index contributed by atoms with van der Waals surface area (Å²) in [6.45, 7) is 7.80. The first-order chi connectivity index (χ1) is 13.9. The van der Waals surface area contributed by atoms with Crippen molar-refractivity contribution in [3.05, 3.63) is 47.9 Å². The number of alkyl halides is 3. The summed E-state index contributed by atoms with van der Waals surface area (Å²) in [5, 5.41) is 11.6. The number of rotatable bonds is 4. The molecule has 0 spiro atoms. The van der Waals surface area contributed by atoms with Gasteiger partial charge in [0.25, 0.3) is 0 Å². The molecule has 1 amide bonds. The third-order valence-corrected chi connectivity index (χ3v) is 5.34. The van der Waals surface area contributed by atoms with Crippen LogP contribution in [0.5, 0.6) is 0 Å². The second-order valence-electron chi connectivity index (χ2n) is 8.64. The van der Waals surface area contributed by atoms with E-state index in [9.17, 15) is 23.1 Å². The maximum absolute atomic E-state index is 12.7. The SMILES string of the molecule is CC(C)(C)N(C(=O)[O-])C1CCN(Cc2ccn(-c3ccc(C(F)(F)F)cn3)c2)CC1. The Labute approximate surface area is 173 Å². The van der Waals surface area contributed by atoms with Crippen LogP contribution in [0.3, 0.4) is 0 Å². The number of hydrogen-bond acceptors (Lipinski definition) is 4. The lowest BCUT2D eigenvalue weighted by Gasteiger charge is -2.46. The zero-order valence-electron chi connectivity index (χ0n) is 17.3. The molecule has 0 saturated carbocycles. The normalized spacial score (nSPS) is 16.6. The molecular weight excluding hydrogens is 397 g/mol. The third kappa shape index (κ3) is 5.13. The Hall–Kier alpha value is -2.55. The molecule has 2 aromatic rings. The molecule has 1 aliphatic heterocycles. The van der Waals surface area contributed by atoms with Gasteiger partial charge in [-0.1, -0.05) is 0 Å². The van der Waals surface area contributed by atoms with Gasteiger partial charge in [-0.05, 0) is 57.4 Å². The highest BCUT2D eigenvalue weighted by molar-refractivity contribution is 5.64. The summed E-state index contributed by atoms with van der Waals surface area (Å²) >= 11 is 0. The van der Waals surface area contributed by atoms with E-state index in [2.05, 4.69) is 9.88 Å². The van der Waals surface area contributed by atoms with Gasteiger partial charge in [-0.2, -0.15) is 13.2 Å². The van der Waals surface area contributed by atoms with Crippen molar-refractivity contribution in [3.8, 4) is 5.82 Å². The number of halogens is 3. The monoisotopic (exact) mass is 423 g/mol. The van der Waals surface area contributed by atoms with Crippen molar-refractivity contribution in [2.75, 3.05) is 13.1 Å². The fourth-order valence-corrected chi connectivity index (χ4v) is 3.95. The van der Waals surface area contributed by atoms with Crippen molar-refractivity contribution in [2.45, 2.75) is 57.9 Å². The van der Waals surface area contributed by atoms with Crippen LogP contribution in [-0.2, 0) is 12.7 Å². The number of aromatic nitrogens is 2. The number of amides is 1. The Bertz CT molecular complexity index is 864. The van der Waals surface area contributed by atoms with Crippen LogP contribution in [0, 0.1) is 0 Å². The molecule has 30 heavy (non-hydrogen) atoms. The summed E-state index contributed by atoms with van der Waals surface area (Å²) in [5.41, 5.74) is -0.262. The first kappa shape index (κ1) is 22.1. The number of hydrogen-bond donors (Lipinski definition) is 0. The molecule has 0 radical (unpaired) electrons. The number of likely N-dealkylation sites (tertiary alicyclic amines) is 1. The van der Waals surface area contributed by atoms with Crippen LogP contribution in [0.1, 0.15) is 44.7 Å². The minimum atomic E-state index is -4.40. The standard InChI is InChI=1S/C21H27F3N4O2/c1-20(2,3)28(19(29)30)17-7-9-26(10-8-17)13-15-6-11-27(14-15)18-5-4-16(12-25-18)21(22,23)24/h4-6,11-12,14,17H,7-10,13H2,1-3H3,(H,29,30)/p-1. The van der Waals surface area contributed by atoms with E-state index >= 15 is 0 Å². The summed E-state index contributed by atoms with van der Waals surface area (Å²) in [5.74, 6) is 0.419. The third-order valence-electron chi connectivity index (χ3n) is 5.34. The van der Waals surface area contributed by atoms with E-state index in [-0.39, 0.29) is 6.04 Å². The molecule has 2 aromatic heterocycles. The van der Waals surface area contributed by atoms with Crippen LogP contribution < -0.4 is 5.11 Å². The summed E-state index contributed by atoms with van der Waals surface area (Å²) in [6.07, 6.45) is 0.372. The Morgan fingerprint density at radius 1 is 1.20 bits per heavy atom. The molecule has 0 N–H and O–H groups in total. The molecule has 0 aromatic carbocycles. The quantitative estimate of drug-likeness (QED) is 0.757. The smallest absolute Gasteiger partial charge is 0.417 e. The fourth-order valence-electron chi connectivity index (χ4n) is 3.95. The molecule has 1 aliphatic rings. The van der Waals surface area contributed by atoms with E-state index in [0.717, 1.165) is 43.8 Å². The predicted octanol–water partition coefficient (Wildman–Crippen LogP) is 3.30.